The molecule has 0 aromatic carbocycles. The van der Waals surface area contributed by atoms with Crippen molar-refractivity contribution in [1.29, 1.82) is 0 Å². The Morgan fingerprint density at radius 1 is 1.38 bits per heavy atom. The van der Waals surface area contributed by atoms with Crippen molar-refractivity contribution in [3.05, 3.63) is 24.2 Å². The number of hydrogen-bond donors (Lipinski definition) is 1. The monoisotopic (exact) mass is 287 g/mol. The number of allylic oxidation sites excluding steroid dienone is 1. The highest BCUT2D eigenvalue weighted by molar-refractivity contribution is 5.97. The summed E-state index contributed by atoms with van der Waals surface area (Å²) in [6.45, 7) is 8.69. The molecule has 21 heavy (non-hydrogen) atoms. The summed E-state index contributed by atoms with van der Waals surface area (Å²) in [4.78, 5) is 22.9. The topological polar surface area (TPSA) is 67.9 Å². The third-order valence-corrected chi connectivity index (χ3v) is 2.90. The standard InChI is InChI=1S/C16H21N3O2/c1-5-12(20)7-6-11-8-17-14-13(11)15(19-10-18-14)21-9-16(2,3)4/h6-8,10H,5,9H2,1-4H3,(H,17,18,19)/b7-6+. The number of fused-ring (bicyclic) bond motifs is 1. The van der Waals surface area contributed by atoms with Crippen LogP contribution in [0.3, 0.4) is 0 Å². The van der Waals surface area contributed by atoms with Crippen LogP contribution in [0.2, 0.25) is 0 Å². The van der Waals surface area contributed by atoms with E-state index in [2.05, 4.69) is 35.7 Å². The smallest absolute Gasteiger partial charge is 0.226 e. The third kappa shape index (κ3) is 3.90. The number of rotatable bonds is 5. The van der Waals surface area contributed by atoms with Crippen LogP contribution in [0.4, 0.5) is 0 Å². The molecule has 0 fully saturated rings. The second kappa shape index (κ2) is 6.08. The van der Waals surface area contributed by atoms with Crippen LogP contribution in [0.15, 0.2) is 18.6 Å². The second-order valence-electron chi connectivity index (χ2n) is 6.15. The molecule has 0 aliphatic carbocycles. The minimum Gasteiger partial charge on any atom is -0.477 e. The van der Waals surface area contributed by atoms with Gasteiger partial charge in [0.15, 0.2) is 5.78 Å². The van der Waals surface area contributed by atoms with Crippen molar-refractivity contribution in [2.24, 2.45) is 5.41 Å². The predicted molar refractivity (Wildman–Crippen MR) is 83.2 cm³/mol. The van der Waals surface area contributed by atoms with E-state index in [1.54, 1.807) is 12.2 Å². The normalized spacial score (nSPS) is 12.2. The predicted octanol–water partition coefficient (Wildman–Crippen LogP) is 3.38. The van der Waals surface area contributed by atoms with Gasteiger partial charge < -0.3 is 9.72 Å². The van der Waals surface area contributed by atoms with Crippen molar-refractivity contribution in [3.8, 4) is 5.88 Å². The number of H-pyrrole nitrogens is 1. The maximum absolute atomic E-state index is 11.4. The summed E-state index contributed by atoms with van der Waals surface area (Å²) < 4.78 is 5.83. The molecule has 0 unspecified atom stereocenters. The lowest BCUT2D eigenvalue weighted by Gasteiger charge is -2.18. The van der Waals surface area contributed by atoms with E-state index in [1.807, 2.05) is 13.1 Å². The van der Waals surface area contributed by atoms with Crippen molar-refractivity contribution in [2.75, 3.05) is 6.61 Å². The largest absolute Gasteiger partial charge is 0.477 e. The van der Waals surface area contributed by atoms with E-state index in [9.17, 15) is 4.79 Å². The van der Waals surface area contributed by atoms with Crippen molar-refractivity contribution in [3.63, 3.8) is 0 Å². The summed E-state index contributed by atoms with van der Waals surface area (Å²) in [5.74, 6) is 0.623. The lowest BCUT2D eigenvalue weighted by atomic mass is 9.99. The van der Waals surface area contributed by atoms with Crippen LogP contribution in [-0.4, -0.2) is 27.3 Å². The van der Waals surface area contributed by atoms with Crippen LogP contribution in [0.5, 0.6) is 5.88 Å². The number of nitrogens with zero attached hydrogens (tertiary/aromatic N) is 2. The van der Waals surface area contributed by atoms with Gasteiger partial charge in [0, 0.05) is 18.2 Å². The highest BCUT2D eigenvalue weighted by Gasteiger charge is 2.15. The molecule has 0 saturated carbocycles. The molecule has 0 radical (unpaired) electrons. The van der Waals surface area contributed by atoms with E-state index < -0.39 is 0 Å². The fourth-order valence-electron chi connectivity index (χ4n) is 1.78. The first kappa shape index (κ1) is 15.2. The molecular formula is C16H21N3O2. The number of ketones is 1. The summed E-state index contributed by atoms with van der Waals surface area (Å²) in [6.07, 6.45) is 7.12. The number of aromatic nitrogens is 3. The Bertz CT molecular complexity index is 666. The van der Waals surface area contributed by atoms with Crippen LogP contribution in [0.1, 0.15) is 39.7 Å². The first-order chi connectivity index (χ1) is 9.90. The highest BCUT2D eigenvalue weighted by Crippen LogP contribution is 2.27. The fraction of sp³-hybridized carbons (Fsp3) is 0.438. The van der Waals surface area contributed by atoms with Gasteiger partial charge in [-0.05, 0) is 17.6 Å². The number of carbonyl (C=O) groups excluding carboxylic acids is 1. The van der Waals surface area contributed by atoms with E-state index in [4.69, 9.17) is 4.74 Å². The molecule has 0 aliphatic heterocycles. The van der Waals surface area contributed by atoms with Gasteiger partial charge in [0.05, 0.1) is 12.0 Å². The maximum Gasteiger partial charge on any atom is 0.226 e. The van der Waals surface area contributed by atoms with Crippen LogP contribution >= 0.6 is 0 Å². The van der Waals surface area contributed by atoms with E-state index in [-0.39, 0.29) is 11.2 Å². The number of aromatic amines is 1. The quantitative estimate of drug-likeness (QED) is 0.856. The number of nitrogens with one attached hydrogen (secondary N) is 1. The SMILES string of the molecule is CCC(=O)/C=C/c1c[nH]c2ncnc(OCC(C)(C)C)c12. The lowest BCUT2D eigenvalue weighted by Crippen LogP contribution is -2.17. The van der Waals surface area contributed by atoms with Crippen LogP contribution in [0, 0.1) is 5.41 Å². The van der Waals surface area contributed by atoms with Gasteiger partial charge >= 0.3 is 0 Å². The molecule has 5 heteroatoms. The van der Waals surface area contributed by atoms with Gasteiger partial charge in [0.25, 0.3) is 0 Å². The molecule has 0 amide bonds. The Labute approximate surface area is 124 Å². The first-order valence-electron chi connectivity index (χ1n) is 7.06. The molecule has 112 valence electrons. The zero-order valence-electron chi connectivity index (χ0n) is 12.9. The number of hydrogen-bond acceptors (Lipinski definition) is 4. The van der Waals surface area contributed by atoms with Gasteiger partial charge in [0.2, 0.25) is 5.88 Å². The minimum atomic E-state index is 0.0434. The fourth-order valence-corrected chi connectivity index (χ4v) is 1.78. The molecule has 2 aromatic rings. The Morgan fingerprint density at radius 2 is 2.14 bits per heavy atom. The van der Waals surface area contributed by atoms with Crippen molar-refractivity contribution in [2.45, 2.75) is 34.1 Å². The molecule has 0 spiro atoms. The van der Waals surface area contributed by atoms with Crippen LogP contribution in [0.25, 0.3) is 17.1 Å². The molecule has 0 atom stereocenters. The summed E-state index contributed by atoms with van der Waals surface area (Å²) >= 11 is 0. The van der Waals surface area contributed by atoms with Crippen molar-refractivity contribution >= 4 is 22.9 Å². The summed E-state index contributed by atoms with van der Waals surface area (Å²) in [5.41, 5.74) is 1.61. The summed E-state index contributed by atoms with van der Waals surface area (Å²) in [7, 11) is 0. The maximum atomic E-state index is 11.4. The molecule has 2 heterocycles. The Morgan fingerprint density at radius 3 is 2.81 bits per heavy atom. The Balaban J connectivity index is 2.35. The Hall–Kier alpha value is -2.17. The van der Waals surface area contributed by atoms with Gasteiger partial charge in [-0.15, -0.1) is 0 Å². The molecule has 0 bridgehead atoms. The molecule has 1 N–H and O–H groups in total. The van der Waals surface area contributed by atoms with Gasteiger partial charge in [0.1, 0.15) is 12.0 Å². The average molecular weight is 287 g/mol. The van der Waals surface area contributed by atoms with Crippen LogP contribution < -0.4 is 4.74 Å². The summed E-state index contributed by atoms with van der Waals surface area (Å²) in [5, 5.41) is 0.807. The van der Waals surface area contributed by atoms with Gasteiger partial charge in [-0.3, -0.25) is 4.79 Å². The molecule has 2 aromatic heterocycles. The van der Waals surface area contributed by atoms with E-state index in [1.165, 1.54) is 6.33 Å². The summed E-state index contributed by atoms with van der Waals surface area (Å²) in [6, 6.07) is 0. The van der Waals surface area contributed by atoms with Crippen LogP contribution in [-0.2, 0) is 4.79 Å². The van der Waals surface area contributed by atoms with E-state index in [0.717, 1.165) is 10.9 Å². The zero-order valence-corrected chi connectivity index (χ0v) is 12.9. The van der Waals surface area contributed by atoms with Gasteiger partial charge in [-0.1, -0.05) is 27.7 Å². The molecule has 0 saturated heterocycles. The first-order valence-corrected chi connectivity index (χ1v) is 7.06. The van der Waals surface area contributed by atoms with Crippen molar-refractivity contribution in [1.82, 2.24) is 15.0 Å². The van der Waals surface area contributed by atoms with Gasteiger partial charge in [-0.25, -0.2) is 9.97 Å². The zero-order chi connectivity index (χ0) is 15.5. The second-order valence-corrected chi connectivity index (χ2v) is 6.15. The van der Waals surface area contributed by atoms with Crippen molar-refractivity contribution < 1.29 is 9.53 Å². The van der Waals surface area contributed by atoms with E-state index >= 15 is 0 Å². The highest BCUT2D eigenvalue weighted by atomic mass is 16.5. The van der Waals surface area contributed by atoms with E-state index in [0.29, 0.717) is 24.6 Å². The number of ether oxygens (including phenoxy) is 1. The molecule has 2 rings (SSSR count). The van der Waals surface area contributed by atoms with Gasteiger partial charge in [-0.2, -0.15) is 0 Å². The Kier molecular flexibility index (Phi) is 4.40. The third-order valence-electron chi connectivity index (χ3n) is 2.90. The molecule has 0 aliphatic rings. The molecule has 5 nitrogen and oxygen atoms in total. The minimum absolute atomic E-state index is 0.0434. The average Bonchev–Trinajstić information content (AvgIpc) is 2.85. The molecular weight excluding hydrogens is 266 g/mol. The lowest BCUT2D eigenvalue weighted by molar-refractivity contribution is -0.114. The number of carbonyl (C=O) groups is 1.